The van der Waals surface area contributed by atoms with Crippen molar-refractivity contribution in [1.29, 1.82) is 0 Å². The molecule has 1 amide bonds. The minimum atomic E-state index is 0.119. The number of hydrogen-bond acceptors (Lipinski definition) is 6. The van der Waals surface area contributed by atoms with Crippen LogP contribution in [0.15, 0.2) is 0 Å². The van der Waals surface area contributed by atoms with Crippen molar-refractivity contribution in [2.45, 2.75) is 13.3 Å². The van der Waals surface area contributed by atoms with Gasteiger partial charge in [0.15, 0.2) is 0 Å². The Morgan fingerprint density at radius 1 is 1.50 bits per heavy atom. The van der Waals surface area contributed by atoms with Crippen molar-refractivity contribution in [2.75, 3.05) is 44.8 Å². The first-order valence-corrected chi connectivity index (χ1v) is 6.87. The molecule has 1 aromatic heterocycles. The third-order valence-corrected chi connectivity index (χ3v) is 3.70. The number of carbonyl (C=O) groups is 1. The highest BCUT2D eigenvalue weighted by atomic mass is 32.1. The van der Waals surface area contributed by atoms with Gasteiger partial charge in [0, 0.05) is 38.1 Å². The molecule has 0 saturated carbocycles. The van der Waals surface area contributed by atoms with Gasteiger partial charge in [-0.25, -0.2) is 4.98 Å². The van der Waals surface area contributed by atoms with E-state index in [0.29, 0.717) is 32.8 Å². The molecule has 0 radical (unpaired) electrons. The second kappa shape index (κ2) is 6.10. The van der Waals surface area contributed by atoms with Crippen LogP contribution in [0, 0.1) is 0 Å². The molecule has 7 heteroatoms. The van der Waals surface area contributed by atoms with Crippen molar-refractivity contribution >= 4 is 22.6 Å². The predicted molar refractivity (Wildman–Crippen MR) is 70.0 cm³/mol. The van der Waals surface area contributed by atoms with Crippen molar-refractivity contribution in [3.05, 3.63) is 5.82 Å². The lowest BCUT2D eigenvalue weighted by molar-refractivity contribution is -0.133. The van der Waals surface area contributed by atoms with Crippen LogP contribution in [0.2, 0.25) is 0 Å². The monoisotopic (exact) mass is 270 g/mol. The molecule has 0 N–H and O–H groups in total. The van der Waals surface area contributed by atoms with E-state index in [-0.39, 0.29) is 5.91 Å². The molecule has 1 fully saturated rings. The Morgan fingerprint density at radius 2 is 2.22 bits per heavy atom. The average Bonchev–Trinajstić information content (AvgIpc) is 2.88. The molecule has 1 aliphatic heterocycles. The number of likely N-dealkylation sites (N-methyl/N-ethyl adjacent to an activating group) is 1. The number of carbonyl (C=O) groups excluding carboxylic acids is 1. The smallest absolute Gasteiger partial charge is 0.242 e. The molecule has 1 aromatic rings. The standard InChI is InChI=1S/C11H18N4O2S/c1-3-9-12-11(18-13-9)14(2)8-10(16)15-4-6-17-7-5-15/h3-8H2,1-2H3. The van der Waals surface area contributed by atoms with Gasteiger partial charge in [-0.3, -0.25) is 4.79 Å². The van der Waals surface area contributed by atoms with E-state index in [2.05, 4.69) is 9.36 Å². The van der Waals surface area contributed by atoms with Crippen molar-refractivity contribution < 1.29 is 9.53 Å². The number of hydrogen-bond donors (Lipinski definition) is 0. The van der Waals surface area contributed by atoms with Crippen LogP contribution >= 0.6 is 11.5 Å². The number of aromatic nitrogens is 2. The van der Waals surface area contributed by atoms with Crippen molar-refractivity contribution in [1.82, 2.24) is 14.3 Å². The summed E-state index contributed by atoms with van der Waals surface area (Å²) < 4.78 is 9.45. The molecule has 2 rings (SSSR count). The summed E-state index contributed by atoms with van der Waals surface area (Å²) in [7, 11) is 1.87. The number of amides is 1. The van der Waals surface area contributed by atoms with Gasteiger partial charge in [-0.2, -0.15) is 4.37 Å². The maximum Gasteiger partial charge on any atom is 0.242 e. The Kier molecular flexibility index (Phi) is 4.48. The van der Waals surface area contributed by atoms with Crippen LogP contribution < -0.4 is 4.90 Å². The number of nitrogens with zero attached hydrogens (tertiary/aromatic N) is 4. The van der Waals surface area contributed by atoms with Crippen LogP contribution in [0.1, 0.15) is 12.7 Å². The lowest BCUT2D eigenvalue weighted by Crippen LogP contribution is -2.45. The van der Waals surface area contributed by atoms with Gasteiger partial charge in [-0.1, -0.05) is 6.92 Å². The van der Waals surface area contributed by atoms with Gasteiger partial charge in [0.05, 0.1) is 19.8 Å². The lowest BCUT2D eigenvalue weighted by atomic mass is 10.4. The molecule has 1 saturated heterocycles. The zero-order valence-corrected chi connectivity index (χ0v) is 11.6. The molecule has 0 atom stereocenters. The summed E-state index contributed by atoms with van der Waals surface area (Å²) in [6.07, 6.45) is 0.821. The summed E-state index contributed by atoms with van der Waals surface area (Å²) in [4.78, 5) is 20.1. The van der Waals surface area contributed by atoms with Crippen LogP contribution in [-0.2, 0) is 16.0 Å². The van der Waals surface area contributed by atoms with E-state index < -0.39 is 0 Å². The van der Waals surface area contributed by atoms with Gasteiger partial charge >= 0.3 is 0 Å². The molecule has 6 nitrogen and oxygen atoms in total. The second-order valence-electron chi connectivity index (χ2n) is 4.20. The highest BCUT2D eigenvalue weighted by molar-refractivity contribution is 7.09. The summed E-state index contributed by atoms with van der Waals surface area (Å²) >= 11 is 1.34. The maximum atomic E-state index is 12.0. The van der Waals surface area contributed by atoms with E-state index in [9.17, 15) is 4.79 Å². The van der Waals surface area contributed by atoms with E-state index in [1.54, 1.807) is 0 Å². The Labute approximate surface area is 111 Å². The Bertz CT molecular complexity index is 404. The maximum absolute atomic E-state index is 12.0. The minimum Gasteiger partial charge on any atom is -0.378 e. The molecule has 18 heavy (non-hydrogen) atoms. The van der Waals surface area contributed by atoms with E-state index in [4.69, 9.17) is 4.74 Å². The third kappa shape index (κ3) is 3.17. The fourth-order valence-electron chi connectivity index (χ4n) is 1.73. The van der Waals surface area contributed by atoms with Crippen molar-refractivity contribution in [2.24, 2.45) is 0 Å². The molecular weight excluding hydrogens is 252 g/mol. The fraction of sp³-hybridized carbons (Fsp3) is 0.727. The lowest BCUT2D eigenvalue weighted by Gasteiger charge is -2.28. The molecule has 0 spiro atoms. The zero-order valence-electron chi connectivity index (χ0n) is 10.8. The van der Waals surface area contributed by atoms with Gasteiger partial charge in [-0.15, -0.1) is 0 Å². The topological polar surface area (TPSA) is 58.6 Å². The summed E-state index contributed by atoms with van der Waals surface area (Å²) in [5.41, 5.74) is 0. The SMILES string of the molecule is CCc1nsc(N(C)CC(=O)N2CCOCC2)n1. The number of morpholine rings is 1. The third-order valence-electron chi connectivity index (χ3n) is 2.84. The zero-order chi connectivity index (χ0) is 13.0. The number of rotatable bonds is 4. The van der Waals surface area contributed by atoms with E-state index in [1.807, 2.05) is 23.8 Å². The van der Waals surface area contributed by atoms with Crippen LogP contribution in [-0.4, -0.2) is 60.1 Å². The van der Waals surface area contributed by atoms with E-state index in [0.717, 1.165) is 17.4 Å². The number of aryl methyl sites for hydroxylation is 1. The molecule has 0 aliphatic carbocycles. The first kappa shape index (κ1) is 13.2. The average molecular weight is 270 g/mol. The molecule has 100 valence electrons. The van der Waals surface area contributed by atoms with E-state index in [1.165, 1.54) is 11.5 Å². The summed E-state index contributed by atoms with van der Waals surface area (Å²) in [5.74, 6) is 0.953. The number of anilines is 1. The molecule has 2 heterocycles. The summed E-state index contributed by atoms with van der Waals surface area (Å²) in [6.45, 7) is 5.00. The molecular formula is C11H18N4O2S. The predicted octanol–water partition coefficient (Wildman–Crippen LogP) is 0.395. The van der Waals surface area contributed by atoms with E-state index >= 15 is 0 Å². The quantitative estimate of drug-likeness (QED) is 0.792. The Balaban J connectivity index is 1.89. The van der Waals surface area contributed by atoms with Gasteiger partial charge in [0.2, 0.25) is 11.0 Å². The van der Waals surface area contributed by atoms with Gasteiger partial charge in [0.25, 0.3) is 0 Å². The Morgan fingerprint density at radius 3 is 2.83 bits per heavy atom. The van der Waals surface area contributed by atoms with Crippen molar-refractivity contribution in [3.8, 4) is 0 Å². The molecule has 1 aliphatic rings. The number of ether oxygens (including phenoxy) is 1. The Hall–Kier alpha value is -1.21. The summed E-state index contributed by atoms with van der Waals surface area (Å²) in [5, 5.41) is 0.799. The van der Waals surface area contributed by atoms with Gasteiger partial charge < -0.3 is 14.5 Å². The normalized spacial score (nSPS) is 15.8. The largest absolute Gasteiger partial charge is 0.378 e. The van der Waals surface area contributed by atoms with Crippen LogP contribution in [0.5, 0.6) is 0 Å². The molecule has 0 bridgehead atoms. The minimum absolute atomic E-state index is 0.119. The van der Waals surface area contributed by atoms with Crippen molar-refractivity contribution in [3.63, 3.8) is 0 Å². The van der Waals surface area contributed by atoms with Gasteiger partial charge in [-0.05, 0) is 0 Å². The molecule has 0 aromatic carbocycles. The highest BCUT2D eigenvalue weighted by Crippen LogP contribution is 2.16. The van der Waals surface area contributed by atoms with Crippen LogP contribution in [0.3, 0.4) is 0 Å². The van der Waals surface area contributed by atoms with Gasteiger partial charge in [0.1, 0.15) is 5.82 Å². The highest BCUT2D eigenvalue weighted by Gasteiger charge is 2.19. The first-order valence-electron chi connectivity index (χ1n) is 6.10. The second-order valence-corrected chi connectivity index (χ2v) is 4.93. The molecule has 0 unspecified atom stereocenters. The van der Waals surface area contributed by atoms with Crippen LogP contribution in [0.4, 0.5) is 5.13 Å². The first-order chi connectivity index (χ1) is 8.70. The van der Waals surface area contributed by atoms with Crippen LogP contribution in [0.25, 0.3) is 0 Å². The summed E-state index contributed by atoms with van der Waals surface area (Å²) in [6, 6.07) is 0. The fourth-order valence-corrected chi connectivity index (χ4v) is 2.43.